The summed E-state index contributed by atoms with van der Waals surface area (Å²) in [5.41, 5.74) is 0.119. The molecule has 1 heterocycles. The summed E-state index contributed by atoms with van der Waals surface area (Å²) >= 11 is 0. The maximum absolute atomic E-state index is 13.7. The van der Waals surface area contributed by atoms with Crippen molar-refractivity contribution in [2.45, 2.75) is 4.90 Å². The molecule has 124 valence electrons. The van der Waals surface area contributed by atoms with Crippen LogP contribution in [-0.2, 0) is 10.0 Å². The van der Waals surface area contributed by atoms with Crippen molar-refractivity contribution < 1.29 is 17.6 Å². The van der Waals surface area contributed by atoms with Crippen molar-refractivity contribution >= 4 is 15.9 Å². The number of nitriles is 1. The SMILES string of the molecule is CNS(=O)(=O)c1cc(C(=O)N2CCN(CC#N)CC2)ccc1F. The molecule has 0 unspecified atom stereocenters. The molecule has 2 rings (SSSR count). The molecular formula is C14H17FN4O3S. The first-order valence-electron chi connectivity index (χ1n) is 7.00. The molecule has 7 nitrogen and oxygen atoms in total. The van der Waals surface area contributed by atoms with Crippen LogP contribution in [0.15, 0.2) is 23.1 Å². The lowest BCUT2D eigenvalue weighted by molar-refractivity contribution is 0.0651. The van der Waals surface area contributed by atoms with Gasteiger partial charge in [0, 0.05) is 31.7 Å². The topological polar surface area (TPSA) is 93.5 Å². The lowest BCUT2D eigenvalue weighted by Crippen LogP contribution is -2.48. The van der Waals surface area contributed by atoms with Crippen LogP contribution in [0.4, 0.5) is 4.39 Å². The maximum Gasteiger partial charge on any atom is 0.253 e. The van der Waals surface area contributed by atoms with Crippen LogP contribution in [0.1, 0.15) is 10.4 Å². The molecular weight excluding hydrogens is 323 g/mol. The van der Waals surface area contributed by atoms with E-state index in [1.807, 2.05) is 9.62 Å². The second kappa shape index (κ2) is 7.04. The van der Waals surface area contributed by atoms with Gasteiger partial charge < -0.3 is 4.90 Å². The number of hydrogen-bond donors (Lipinski definition) is 1. The molecule has 0 aliphatic carbocycles. The molecule has 1 fully saturated rings. The first-order valence-corrected chi connectivity index (χ1v) is 8.49. The maximum atomic E-state index is 13.7. The highest BCUT2D eigenvalue weighted by Crippen LogP contribution is 2.18. The standard InChI is InChI=1S/C14H17FN4O3S/c1-17-23(21,22)13-10-11(2-3-12(13)15)14(20)19-8-6-18(5-4-16)7-9-19/h2-3,10,17H,5-9H2,1H3. The Kier molecular flexibility index (Phi) is 5.30. The molecule has 1 saturated heterocycles. The average molecular weight is 340 g/mol. The van der Waals surface area contributed by atoms with E-state index in [2.05, 4.69) is 6.07 Å². The zero-order valence-electron chi connectivity index (χ0n) is 12.6. The van der Waals surface area contributed by atoms with Crippen LogP contribution in [-0.4, -0.2) is 63.9 Å². The largest absolute Gasteiger partial charge is 0.336 e. The first-order chi connectivity index (χ1) is 10.9. The van der Waals surface area contributed by atoms with E-state index in [4.69, 9.17) is 5.26 Å². The van der Waals surface area contributed by atoms with Crippen LogP contribution in [0, 0.1) is 17.1 Å². The smallest absolute Gasteiger partial charge is 0.253 e. The number of carbonyl (C=O) groups is 1. The number of sulfonamides is 1. The molecule has 0 aromatic heterocycles. The predicted octanol–water partition coefficient (Wildman–Crippen LogP) is 0.0152. The van der Waals surface area contributed by atoms with Crippen molar-refractivity contribution in [2.24, 2.45) is 0 Å². The van der Waals surface area contributed by atoms with Crippen LogP contribution >= 0.6 is 0 Å². The minimum Gasteiger partial charge on any atom is -0.336 e. The van der Waals surface area contributed by atoms with Crippen molar-refractivity contribution in [3.8, 4) is 6.07 Å². The van der Waals surface area contributed by atoms with Crippen molar-refractivity contribution in [1.82, 2.24) is 14.5 Å². The van der Waals surface area contributed by atoms with Gasteiger partial charge in [0.1, 0.15) is 10.7 Å². The van der Waals surface area contributed by atoms with Crippen LogP contribution in [0.5, 0.6) is 0 Å². The molecule has 9 heteroatoms. The molecule has 1 N–H and O–H groups in total. The van der Waals surface area contributed by atoms with Gasteiger partial charge in [-0.1, -0.05) is 0 Å². The van der Waals surface area contributed by atoms with Gasteiger partial charge >= 0.3 is 0 Å². The number of piperazine rings is 1. The van der Waals surface area contributed by atoms with E-state index >= 15 is 0 Å². The minimum atomic E-state index is -3.97. The quantitative estimate of drug-likeness (QED) is 0.780. The molecule has 1 aliphatic rings. The molecule has 0 atom stereocenters. The van der Waals surface area contributed by atoms with E-state index in [-0.39, 0.29) is 11.5 Å². The van der Waals surface area contributed by atoms with E-state index in [9.17, 15) is 17.6 Å². The fraction of sp³-hybridized carbons (Fsp3) is 0.429. The van der Waals surface area contributed by atoms with Gasteiger partial charge in [0.15, 0.2) is 0 Å². The Morgan fingerprint density at radius 3 is 2.57 bits per heavy atom. The third kappa shape index (κ3) is 3.85. The normalized spacial score (nSPS) is 16.1. The highest BCUT2D eigenvalue weighted by atomic mass is 32.2. The number of benzene rings is 1. The molecule has 0 saturated carbocycles. The zero-order valence-corrected chi connectivity index (χ0v) is 13.4. The van der Waals surface area contributed by atoms with Crippen LogP contribution in [0.25, 0.3) is 0 Å². The van der Waals surface area contributed by atoms with E-state index in [0.29, 0.717) is 32.7 Å². The Balaban J connectivity index is 2.18. The van der Waals surface area contributed by atoms with E-state index < -0.39 is 20.7 Å². The number of nitrogens with zero attached hydrogens (tertiary/aromatic N) is 3. The lowest BCUT2D eigenvalue weighted by atomic mass is 10.1. The van der Waals surface area contributed by atoms with Crippen molar-refractivity contribution in [1.29, 1.82) is 5.26 Å². The van der Waals surface area contributed by atoms with E-state index in [1.165, 1.54) is 13.1 Å². The third-order valence-electron chi connectivity index (χ3n) is 3.69. The van der Waals surface area contributed by atoms with Gasteiger partial charge in [0.05, 0.1) is 12.6 Å². The lowest BCUT2D eigenvalue weighted by Gasteiger charge is -2.33. The Morgan fingerprint density at radius 2 is 2.00 bits per heavy atom. The molecule has 0 radical (unpaired) electrons. The van der Waals surface area contributed by atoms with Crippen molar-refractivity contribution in [3.63, 3.8) is 0 Å². The number of halogens is 1. The summed E-state index contributed by atoms with van der Waals surface area (Å²) in [6.07, 6.45) is 0. The molecule has 1 aliphatic heterocycles. The summed E-state index contributed by atoms with van der Waals surface area (Å²) in [5.74, 6) is -1.26. The summed E-state index contributed by atoms with van der Waals surface area (Å²) in [5, 5.41) is 8.66. The van der Waals surface area contributed by atoms with Crippen molar-refractivity contribution in [3.05, 3.63) is 29.6 Å². The summed E-state index contributed by atoms with van der Waals surface area (Å²) in [4.78, 5) is 15.4. The number of nitrogens with one attached hydrogen (secondary N) is 1. The Hall–Kier alpha value is -2.02. The van der Waals surface area contributed by atoms with Crippen LogP contribution in [0.2, 0.25) is 0 Å². The van der Waals surface area contributed by atoms with Gasteiger partial charge in [-0.15, -0.1) is 0 Å². The van der Waals surface area contributed by atoms with Crippen LogP contribution < -0.4 is 4.72 Å². The fourth-order valence-corrected chi connectivity index (χ4v) is 3.17. The summed E-state index contributed by atoms with van der Waals surface area (Å²) in [6.45, 7) is 2.32. The highest BCUT2D eigenvalue weighted by molar-refractivity contribution is 7.89. The molecule has 1 amide bonds. The summed E-state index contributed by atoms with van der Waals surface area (Å²) in [6, 6.07) is 5.35. The van der Waals surface area contributed by atoms with Gasteiger partial charge in [0.25, 0.3) is 5.91 Å². The van der Waals surface area contributed by atoms with Crippen molar-refractivity contribution in [2.75, 3.05) is 39.8 Å². The predicted molar refractivity (Wildman–Crippen MR) is 80.6 cm³/mol. The van der Waals surface area contributed by atoms with Gasteiger partial charge in [-0.3, -0.25) is 9.69 Å². The molecule has 0 spiro atoms. The zero-order chi connectivity index (χ0) is 17.0. The molecule has 1 aromatic rings. The summed E-state index contributed by atoms with van der Waals surface area (Å²) < 4.78 is 39.3. The minimum absolute atomic E-state index is 0.119. The summed E-state index contributed by atoms with van der Waals surface area (Å²) in [7, 11) is -2.79. The second-order valence-corrected chi connectivity index (χ2v) is 6.93. The first kappa shape index (κ1) is 17.3. The number of hydrogen-bond acceptors (Lipinski definition) is 5. The van der Waals surface area contributed by atoms with Gasteiger partial charge in [-0.05, 0) is 25.2 Å². The molecule has 0 bridgehead atoms. The second-order valence-electron chi connectivity index (χ2n) is 5.08. The van der Waals surface area contributed by atoms with E-state index in [0.717, 1.165) is 12.1 Å². The van der Waals surface area contributed by atoms with Gasteiger partial charge in [-0.2, -0.15) is 5.26 Å². The number of rotatable bonds is 4. The average Bonchev–Trinajstić information content (AvgIpc) is 2.55. The Labute approximate surface area is 134 Å². The molecule has 1 aromatic carbocycles. The Bertz CT molecular complexity index is 737. The number of amides is 1. The Morgan fingerprint density at radius 1 is 1.35 bits per heavy atom. The van der Waals surface area contributed by atoms with Gasteiger partial charge in [0.2, 0.25) is 10.0 Å². The molecule has 23 heavy (non-hydrogen) atoms. The third-order valence-corrected chi connectivity index (χ3v) is 5.12. The monoisotopic (exact) mass is 340 g/mol. The fourth-order valence-electron chi connectivity index (χ4n) is 2.34. The van der Waals surface area contributed by atoms with Gasteiger partial charge in [-0.25, -0.2) is 17.5 Å². The van der Waals surface area contributed by atoms with E-state index in [1.54, 1.807) is 4.90 Å². The van der Waals surface area contributed by atoms with Crippen LogP contribution in [0.3, 0.4) is 0 Å². The highest BCUT2D eigenvalue weighted by Gasteiger charge is 2.24. The number of carbonyl (C=O) groups excluding carboxylic acids is 1.